The zero-order valence-corrected chi connectivity index (χ0v) is 13.3. The van der Waals surface area contributed by atoms with Gasteiger partial charge in [-0.05, 0) is 32.1 Å². The third-order valence-electron chi connectivity index (χ3n) is 3.72. The minimum atomic E-state index is -0.518. The smallest absolute Gasteiger partial charge is 0.314 e. The van der Waals surface area contributed by atoms with Gasteiger partial charge in [0.25, 0.3) is 0 Å². The molecule has 6 heteroatoms. The van der Waals surface area contributed by atoms with Crippen molar-refractivity contribution in [2.45, 2.75) is 32.4 Å². The van der Waals surface area contributed by atoms with Gasteiger partial charge >= 0.3 is 6.03 Å². The van der Waals surface area contributed by atoms with Gasteiger partial charge in [-0.25, -0.2) is 4.79 Å². The van der Waals surface area contributed by atoms with Crippen LogP contribution in [0.15, 0.2) is 22.8 Å². The fourth-order valence-electron chi connectivity index (χ4n) is 1.94. The Kier molecular flexibility index (Phi) is 7.25. The van der Waals surface area contributed by atoms with Crippen LogP contribution in [0.5, 0.6) is 0 Å². The molecule has 0 saturated heterocycles. The van der Waals surface area contributed by atoms with Crippen molar-refractivity contribution in [1.29, 1.82) is 0 Å². The molecule has 0 bridgehead atoms. The number of rotatable bonds is 8. The van der Waals surface area contributed by atoms with E-state index in [-0.39, 0.29) is 24.5 Å². The first-order chi connectivity index (χ1) is 9.95. The zero-order chi connectivity index (χ0) is 15.8. The van der Waals surface area contributed by atoms with E-state index in [1.165, 1.54) is 0 Å². The zero-order valence-electron chi connectivity index (χ0n) is 13.3. The van der Waals surface area contributed by atoms with Crippen LogP contribution in [-0.4, -0.2) is 49.3 Å². The fourth-order valence-corrected chi connectivity index (χ4v) is 1.94. The van der Waals surface area contributed by atoms with E-state index >= 15 is 0 Å². The Morgan fingerprint density at radius 2 is 2.05 bits per heavy atom. The molecule has 2 amide bonds. The Morgan fingerprint density at radius 1 is 1.38 bits per heavy atom. The molecule has 0 aliphatic carbocycles. The molecule has 0 aromatic carbocycles. The van der Waals surface area contributed by atoms with Gasteiger partial charge < -0.3 is 20.2 Å². The molecule has 3 atom stereocenters. The number of hydrogen-bond acceptors (Lipinski definition) is 4. The molecular weight excluding hydrogens is 270 g/mol. The lowest BCUT2D eigenvalue weighted by Crippen LogP contribution is -2.44. The van der Waals surface area contributed by atoms with Gasteiger partial charge in [-0.15, -0.1) is 0 Å². The Balaban J connectivity index is 2.37. The summed E-state index contributed by atoms with van der Waals surface area (Å²) in [7, 11) is 3.86. The Hall–Kier alpha value is -1.53. The highest BCUT2D eigenvalue weighted by Crippen LogP contribution is 2.17. The maximum Gasteiger partial charge on any atom is 0.314 e. The van der Waals surface area contributed by atoms with Crippen LogP contribution >= 0.6 is 0 Å². The van der Waals surface area contributed by atoms with Crippen molar-refractivity contribution in [2.24, 2.45) is 5.92 Å². The van der Waals surface area contributed by atoms with Crippen LogP contribution in [0, 0.1) is 5.92 Å². The minimum Gasteiger partial charge on any atom is -0.468 e. The van der Waals surface area contributed by atoms with Crippen LogP contribution < -0.4 is 10.6 Å². The van der Waals surface area contributed by atoms with Crippen molar-refractivity contribution in [3.63, 3.8) is 0 Å². The summed E-state index contributed by atoms with van der Waals surface area (Å²) in [6, 6.07) is 3.41. The van der Waals surface area contributed by atoms with Crippen LogP contribution in [0.1, 0.15) is 32.1 Å². The van der Waals surface area contributed by atoms with Crippen LogP contribution in [0.3, 0.4) is 0 Å². The summed E-state index contributed by atoms with van der Waals surface area (Å²) in [4.78, 5) is 13.8. The second-order valence-corrected chi connectivity index (χ2v) is 5.54. The van der Waals surface area contributed by atoms with Crippen LogP contribution in [0.25, 0.3) is 0 Å². The molecule has 6 nitrogen and oxygen atoms in total. The Morgan fingerprint density at radius 3 is 2.57 bits per heavy atom. The van der Waals surface area contributed by atoms with Gasteiger partial charge in [-0.3, -0.25) is 4.90 Å². The molecule has 1 aromatic rings. The topological polar surface area (TPSA) is 77.7 Å². The summed E-state index contributed by atoms with van der Waals surface area (Å²) in [6.45, 7) is 4.67. The lowest BCUT2D eigenvalue weighted by molar-refractivity contribution is 0.114. The number of urea groups is 1. The van der Waals surface area contributed by atoms with Crippen molar-refractivity contribution >= 4 is 6.03 Å². The fraction of sp³-hybridized carbons (Fsp3) is 0.667. The molecule has 0 saturated carbocycles. The van der Waals surface area contributed by atoms with Gasteiger partial charge in [0, 0.05) is 13.1 Å². The Labute approximate surface area is 126 Å². The monoisotopic (exact) mass is 297 g/mol. The van der Waals surface area contributed by atoms with Crippen LogP contribution in [0.2, 0.25) is 0 Å². The highest BCUT2D eigenvalue weighted by molar-refractivity contribution is 5.73. The summed E-state index contributed by atoms with van der Waals surface area (Å²) >= 11 is 0. The summed E-state index contributed by atoms with van der Waals surface area (Å²) in [5.41, 5.74) is 0. The maximum absolute atomic E-state index is 11.8. The lowest BCUT2D eigenvalue weighted by atomic mass is 10.0. The van der Waals surface area contributed by atoms with Crippen molar-refractivity contribution < 1.29 is 14.3 Å². The number of likely N-dealkylation sites (N-methyl/N-ethyl adjacent to an activating group) is 1. The second kappa shape index (κ2) is 8.69. The number of hydrogen-bond donors (Lipinski definition) is 3. The SMILES string of the molecule is CCC(C)C(O)CNC(=O)NCC(c1ccco1)N(C)C. The predicted molar refractivity (Wildman–Crippen MR) is 82.0 cm³/mol. The summed E-state index contributed by atoms with van der Waals surface area (Å²) in [5, 5.41) is 15.3. The second-order valence-electron chi connectivity index (χ2n) is 5.54. The van der Waals surface area contributed by atoms with Gasteiger partial charge in [0.05, 0.1) is 18.4 Å². The highest BCUT2D eigenvalue weighted by atomic mass is 16.3. The van der Waals surface area contributed by atoms with E-state index in [2.05, 4.69) is 10.6 Å². The molecule has 3 unspecified atom stereocenters. The van der Waals surface area contributed by atoms with Crippen LogP contribution in [-0.2, 0) is 0 Å². The number of aliphatic hydroxyl groups is 1. The van der Waals surface area contributed by atoms with Crippen LogP contribution in [0.4, 0.5) is 4.79 Å². The summed E-state index contributed by atoms with van der Waals surface area (Å²) in [6.07, 6.45) is 1.98. The molecule has 0 radical (unpaired) electrons. The van der Waals surface area contributed by atoms with Crippen molar-refractivity contribution in [2.75, 3.05) is 27.2 Å². The van der Waals surface area contributed by atoms with E-state index in [1.54, 1.807) is 6.26 Å². The number of nitrogens with zero attached hydrogens (tertiary/aromatic N) is 1. The van der Waals surface area contributed by atoms with E-state index in [9.17, 15) is 9.90 Å². The minimum absolute atomic E-state index is 0.0229. The van der Waals surface area contributed by atoms with Crippen molar-refractivity contribution in [3.8, 4) is 0 Å². The molecule has 0 spiro atoms. The quantitative estimate of drug-likeness (QED) is 0.681. The first-order valence-corrected chi connectivity index (χ1v) is 7.35. The average Bonchev–Trinajstić information content (AvgIpc) is 2.97. The molecule has 3 N–H and O–H groups in total. The van der Waals surface area contributed by atoms with Crippen molar-refractivity contribution in [1.82, 2.24) is 15.5 Å². The van der Waals surface area contributed by atoms with E-state index in [1.807, 2.05) is 45.0 Å². The summed E-state index contributed by atoms with van der Waals surface area (Å²) in [5.74, 6) is 0.975. The number of nitrogens with one attached hydrogen (secondary N) is 2. The molecule has 120 valence electrons. The van der Waals surface area contributed by atoms with E-state index in [4.69, 9.17) is 4.42 Å². The van der Waals surface area contributed by atoms with Gasteiger partial charge in [0.2, 0.25) is 0 Å². The first-order valence-electron chi connectivity index (χ1n) is 7.35. The normalized spacial score (nSPS) is 15.5. The van der Waals surface area contributed by atoms with Gasteiger partial charge in [-0.1, -0.05) is 20.3 Å². The molecule has 1 heterocycles. The number of furan rings is 1. The average molecular weight is 297 g/mol. The third kappa shape index (κ3) is 5.77. The molecule has 0 aliphatic rings. The van der Waals surface area contributed by atoms with Gasteiger partial charge in [0.15, 0.2) is 0 Å². The maximum atomic E-state index is 11.8. The van der Waals surface area contributed by atoms with Crippen molar-refractivity contribution in [3.05, 3.63) is 24.2 Å². The number of carbonyl (C=O) groups excluding carboxylic acids is 1. The number of carbonyl (C=O) groups is 1. The number of amides is 2. The molecule has 1 rings (SSSR count). The number of aliphatic hydroxyl groups excluding tert-OH is 1. The van der Waals surface area contributed by atoms with E-state index in [0.29, 0.717) is 6.54 Å². The predicted octanol–water partition coefficient (Wildman–Crippen LogP) is 1.59. The molecular formula is C15H27N3O3. The van der Waals surface area contributed by atoms with Gasteiger partial charge in [0.1, 0.15) is 5.76 Å². The third-order valence-corrected chi connectivity index (χ3v) is 3.72. The molecule has 1 aromatic heterocycles. The standard InChI is InChI=1S/C15H27N3O3/c1-5-11(2)13(19)10-17-15(20)16-9-12(18(3)4)14-7-6-8-21-14/h6-8,11-13,19H,5,9-10H2,1-4H3,(H2,16,17,20). The Bertz CT molecular complexity index is 406. The first kappa shape index (κ1) is 17.5. The van der Waals surface area contributed by atoms with Gasteiger partial charge in [-0.2, -0.15) is 0 Å². The molecule has 21 heavy (non-hydrogen) atoms. The summed E-state index contributed by atoms with van der Waals surface area (Å²) < 4.78 is 5.38. The highest BCUT2D eigenvalue weighted by Gasteiger charge is 2.18. The lowest BCUT2D eigenvalue weighted by Gasteiger charge is -2.23. The van der Waals surface area contributed by atoms with E-state index in [0.717, 1.165) is 12.2 Å². The van der Waals surface area contributed by atoms with E-state index < -0.39 is 6.10 Å². The molecule has 0 aliphatic heterocycles. The molecule has 0 fully saturated rings. The largest absolute Gasteiger partial charge is 0.468 e.